The number of ether oxygens (including phenoxy) is 2. The van der Waals surface area contributed by atoms with Crippen molar-refractivity contribution in [1.29, 1.82) is 0 Å². The molecule has 21 heteroatoms. The van der Waals surface area contributed by atoms with Gasteiger partial charge in [0, 0.05) is 12.5 Å². The Balaban J connectivity index is 1.77. The molecule has 1 amide bonds. The number of aliphatic hydroxyl groups excluding tert-OH is 2. The van der Waals surface area contributed by atoms with E-state index < -0.39 is 104 Å². The third-order valence-electron chi connectivity index (χ3n) is 7.66. The molecule has 4 rings (SSSR count). The predicted octanol–water partition coefficient (Wildman–Crippen LogP) is 6.00. The summed E-state index contributed by atoms with van der Waals surface area (Å²) in [6, 6.07) is 0.516. The zero-order chi connectivity index (χ0) is 38.6. The number of carbonyl (C=O) groups excluding carboxylic acids is 1. The number of hydrogen-bond donors (Lipinski definition) is 4. The van der Waals surface area contributed by atoms with E-state index in [1.807, 2.05) is 0 Å². The number of alkyl halides is 9. The fourth-order valence-corrected chi connectivity index (χ4v) is 5.22. The molecule has 1 aromatic carbocycles. The third kappa shape index (κ3) is 9.90. The minimum atomic E-state index is -5.16. The Bertz CT molecular complexity index is 1720. The zero-order valence-electron chi connectivity index (χ0n) is 26.8. The van der Waals surface area contributed by atoms with Gasteiger partial charge in [-0.15, -0.1) is 0 Å². The summed E-state index contributed by atoms with van der Waals surface area (Å²) in [5, 5.41) is 30.6. The Morgan fingerprint density at radius 3 is 2.21 bits per heavy atom. The predicted molar refractivity (Wildman–Crippen MR) is 160 cm³/mol. The molecule has 3 heterocycles. The zero-order valence-corrected chi connectivity index (χ0v) is 26.8. The lowest BCUT2D eigenvalue weighted by molar-refractivity contribution is -0.143. The van der Waals surface area contributed by atoms with E-state index in [1.165, 1.54) is 0 Å². The molecule has 1 aliphatic heterocycles. The highest BCUT2D eigenvalue weighted by Gasteiger charge is 2.41. The van der Waals surface area contributed by atoms with Crippen molar-refractivity contribution in [2.45, 2.75) is 69.3 Å². The van der Waals surface area contributed by atoms with Crippen LogP contribution in [0.2, 0.25) is 0 Å². The van der Waals surface area contributed by atoms with E-state index >= 15 is 0 Å². The molecule has 284 valence electrons. The van der Waals surface area contributed by atoms with E-state index in [0.29, 0.717) is 18.2 Å². The Kier molecular flexibility index (Phi) is 12.1. The van der Waals surface area contributed by atoms with Crippen LogP contribution in [0.4, 0.5) is 55.9 Å². The number of aliphatic carboxylic acids is 1. The summed E-state index contributed by atoms with van der Waals surface area (Å²) in [6.45, 7) is -0.252. The van der Waals surface area contributed by atoms with Gasteiger partial charge >= 0.3 is 30.6 Å². The van der Waals surface area contributed by atoms with Crippen LogP contribution in [0, 0.1) is 0 Å². The molecule has 1 aliphatic rings. The number of halogens is 9. The van der Waals surface area contributed by atoms with E-state index in [0.717, 1.165) is 17.2 Å². The Morgan fingerprint density at radius 1 is 1.00 bits per heavy atom. The Labute approximate surface area is 288 Å². The van der Waals surface area contributed by atoms with Crippen LogP contribution in [-0.2, 0) is 34.5 Å². The lowest BCUT2D eigenvalue weighted by atomic mass is 9.93. The summed E-state index contributed by atoms with van der Waals surface area (Å²) in [6.07, 6.45) is -18.0. The van der Waals surface area contributed by atoms with E-state index in [1.54, 1.807) is 6.92 Å². The van der Waals surface area contributed by atoms with Crippen molar-refractivity contribution in [3.8, 4) is 5.75 Å². The number of aromatic nitrogens is 3. The number of benzene rings is 1. The standard InChI is InChI=1S/C31H30F9N5O7/c1-2-18-11-21(26-22(3-4-24(44-26)31(38,39)40)45(18)28(50)51-6-5-25(48)49)43-27-41-12-23(52-14-19(47)13-46)20(42-27)9-15-7-16(29(32,33)34)10-17(8-15)30(35,36)37/h3-4,7-8,10,12,18-19,21,46-47H,2,5-6,9,11,13-14H2,1H3,(H,48,49)(H,41,42,43)/t18-,19?,21+/m1/s1. The lowest BCUT2D eigenvalue weighted by Crippen LogP contribution is -2.46. The number of fused-ring (bicyclic) bond motifs is 1. The summed E-state index contributed by atoms with van der Waals surface area (Å²) in [7, 11) is 0. The summed E-state index contributed by atoms with van der Waals surface area (Å²) in [5.41, 5.74) is -5.84. The number of carboxylic acid groups (broad SMARTS) is 1. The van der Waals surface area contributed by atoms with Gasteiger partial charge in [-0.25, -0.2) is 19.7 Å². The van der Waals surface area contributed by atoms with Crippen molar-refractivity contribution < 1.29 is 73.9 Å². The van der Waals surface area contributed by atoms with E-state index in [9.17, 15) is 54.2 Å². The third-order valence-corrected chi connectivity index (χ3v) is 7.66. The van der Waals surface area contributed by atoms with Gasteiger partial charge in [0.15, 0.2) is 5.75 Å². The highest BCUT2D eigenvalue weighted by atomic mass is 19.4. The first kappa shape index (κ1) is 39.9. The Morgan fingerprint density at radius 2 is 1.65 bits per heavy atom. The van der Waals surface area contributed by atoms with E-state index in [4.69, 9.17) is 19.7 Å². The topological polar surface area (TPSA) is 167 Å². The van der Waals surface area contributed by atoms with Gasteiger partial charge in [0.05, 0.1) is 53.5 Å². The van der Waals surface area contributed by atoms with E-state index in [2.05, 4.69) is 20.3 Å². The summed E-state index contributed by atoms with van der Waals surface area (Å²) >= 11 is 0. The van der Waals surface area contributed by atoms with Crippen LogP contribution in [0.5, 0.6) is 5.75 Å². The Hall–Kier alpha value is -4.92. The van der Waals surface area contributed by atoms with Crippen molar-refractivity contribution in [1.82, 2.24) is 15.0 Å². The van der Waals surface area contributed by atoms with E-state index in [-0.39, 0.29) is 47.7 Å². The second-order valence-corrected chi connectivity index (χ2v) is 11.5. The number of pyridine rings is 1. The molecule has 0 saturated heterocycles. The number of rotatable bonds is 12. The van der Waals surface area contributed by atoms with Crippen molar-refractivity contribution in [3.05, 3.63) is 70.3 Å². The molecule has 2 aromatic heterocycles. The average Bonchev–Trinajstić information content (AvgIpc) is 3.05. The van der Waals surface area contributed by atoms with Gasteiger partial charge in [-0.3, -0.25) is 9.69 Å². The van der Waals surface area contributed by atoms with Crippen LogP contribution < -0.4 is 15.0 Å². The van der Waals surface area contributed by atoms with Gasteiger partial charge in [-0.1, -0.05) is 6.92 Å². The number of anilines is 2. The van der Waals surface area contributed by atoms with Crippen LogP contribution >= 0.6 is 0 Å². The number of nitrogens with zero attached hydrogens (tertiary/aromatic N) is 4. The lowest BCUT2D eigenvalue weighted by Gasteiger charge is -2.39. The minimum Gasteiger partial charge on any atom is -0.487 e. The number of hydrogen-bond acceptors (Lipinski definition) is 10. The first-order chi connectivity index (χ1) is 24.2. The van der Waals surface area contributed by atoms with Crippen LogP contribution in [0.3, 0.4) is 0 Å². The molecular formula is C31H30F9N5O7. The largest absolute Gasteiger partial charge is 0.487 e. The van der Waals surface area contributed by atoms with Crippen molar-refractivity contribution in [2.75, 3.05) is 30.0 Å². The first-order valence-electron chi connectivity index (χ1n) is 15.3. The average molecular weight is 756 g/mol. The van der Waals surface area contributed by atoms with Gasteiger partial charge in [-0.2, -0.15) is 39.5 Å². The van der Waals surface area contributed by atoms with Gasteiger partial charge < -0.3 is 30.1 Å². The van der Waals surface area contributed by atoms with Crippen LogP contribution in [0.25, 0.3) is 0 Å². The highest BCUT2D eigenvalue weighted by Crippen LogP contribution is 2.42. The normalized spacial score (nSPS) is 17.0. The SMILES string of the molecule is CC[C@@H]1C[C@H](Nc2ncc(OCC(O)CO)c(Cc3cc(C(F)(F)F)cc(C(F)(F)F)c3)n2)c2nc(C(F)(F)F)ccc2N1C(=O)OCCC(=O)O. The van der Waals surface area contributed by atoms with Crippen LogP contribution in [0.1, 0.15) is 66.0 Å². The minimum absolute atomic E-state index is 0.0659. The molecule has 0 fully saturated rings. The number of nitrogens with one attached hydrogen (secondary N) is 1. The molecule has 0 saturated carbocycles. The van der Waals surface area contributed by atoms with Gasteiger partial charge in [0.1, 0.15) is 25.0 Å². The molecule has 12 nitrogen and oxygen atoms in total. The summed E-state index contributed by atoms with van der Waals surface area (Å²) in [5.74, 6) is -1.96. The first-order valence-corrected chi connectivity index (χ1v) is 15.3. The number of aliphatic hydroxyl groups is 2. The van der Waals surface area contributed by atoms with Gasteiger partial charge in [0.2, 0.25) is 5.95 Å². The second-order valence-electron chi connectivity index (χ2n) is 11.5. The van der Waals surface area contributed by atoms with Crippen LogP contribution in [-0.4, -0.2) is 74.3 Å². The summed E-state index contributed by atoms with van der Waals surface area (Å²) in [4.78, 5) is 36.9. The summed E-state index contributed by atoms with van der Waals surface area (Å²) < 4.78 is 133. The van der Waals surface area contributed by atoms with Crippen molar-refractivity contribution >= 4 is 23.7 Å². The maximum Gasteiger partial charge on any atom is 0.433 e. The fraction of sp³-hybridized carbons (Fsp3) is 0.452. The van der Waals surface area contributed by atoms with Crippen LogP contribution in [0.15, 0.2) is 36.5 Å². The number of carbonyl (C=O) groups is 2. The molecule has 0 radical (unpaired) electrons. The van der Waals surface area contributed by atoms with Crippen molar-refractivity contribution in [2.24, 2.45) is 0 Å². The van der Waals surface area contributed by atoms with Crippen molar-refractivity contribution in [3.63, 3.8) is 0 Å². The van der Waals surface area contributed by atoms with Gasteiger partial charge in [-0.05, 0) is 48.7 Å². The molecule has 0 bridgehead atoms. The second kappa shape index (κ2) is 15.8. The molecule has 1 unspecified atom stereocenters. The molecule has 0 aliphatic carbocycles. The highest BCUT2D eigenvalue weighted by molar-refractivity contribution is 5.90. The quantitative estimate of drug-likeness (QED) is 0.160. The maximum absolute atomic E-state index is 13.8. The fourth-order valence-electron chi connectivity index (χ4n) is 5.22. The molecule has 4 N–H and O–H groups in total. The monoisotopic (exact) mass is 755 g/mol. The molecule has 52 heavy (non-hydrogen) atoms. The number of carboxylic acids is 1. The van der Waals surface area contributed by atoms with Gasteiger partial charge in [0.25, 0.3) is 0 Å². The smallest absolute Gasteiger partial charge is 0.433 e. The molecule has 3 atom stereocenters. The molecule has 3 aromatic rings. The maximum atomic E-state index is 13.8. The molecule has 0 spiro atoms. The molecular weight excluding hydrogens is 725 g/mol. The number of amides is 1.